The number of hydrogen-bond acceptors (Lipinski definition) is 5. The molecule has 0 aliphatic heterocycles. The smallest absolute Gasteiger partial charge is 0.310 e. The van der Waals surface area contributed by atoms with Crippen molar-refractivity contribution in [2.75, 3.05) is 20.8 Å². The van der Waals surface area contributed by atoms with Gasteiger partial charge in [-0.05, 0) is 30.2 Å². The Morgan fingerprint density at radius 3 is 2.52 bits per heavy atom. The van der Waals surface area contributed by atoms with E-state index >= 15 is 0 Å². The summed E-state index contributed by atoms with van der Waals surface area (Å²) in [7, 11) is 3.03. The number of hydrogen-bond donors (Lipinski definition) is 1. The Hall–Kier alpha value is -3.09. The average molecular weight is 375 g/mol. The van der Waals surface area contributed by atoms with E-state index in [1.54, 1.807) is 37.3 Å². The van der Waals surface area contributed by atoms with Gasteiger partial charge < -0.3 is 19.5 Å². The van der Waals surface area contributed by atoms with E-state index in [2.05, 4.69) is 5.32 Å². The number of benzene rings is 2. The molecule has 2 aromatic rings. The van der Waals surface area contributed by atoms with Crippen molar-refractivity contribution in [3.63, 3.8) is 0 Å². The maximum Gasteiger partial charge on any atom is 0.310 e. The highest BCUT2D eigenvalue weighted by Crippen LogP contribution is 2.25. The third-order valence-corrected chi connectivity index (χ3v) is 3.92. The van der Waals surface area contributed by atoms with Crippen LogP contribution in [0, 0.1) is 12.7 Å². The zero-order valence-corrected chi connectivity index (χ0v) is 15.5. The average Bonchev–Trinajstić information content (AvgIpc) is 2.67. The van der Waals surface area contributed by atoms with Crippen LogP contribution in [0.4, 0.5) is 4.39 Å². The van der Waals surface area contributed by atoms with Crippen LogP contribution < -0.4 is 14.8 Å². The summed E-state index contributed by atoms with van der Waals surface area (Å²) in [4.78, 5) is 23.8. The number of nitrogens with one attached hydrogen (secondary N) is 1. The Labute approximate surface area is 157 Å². The minimum atomic E-state index is -0.560. The quantitative estimate of drug-likeness (QED) is 0.718. The van der Waals surface area contributed by atoms with Gasteiger partial charge in [0.25, 0.3) is 5.91 Å². The largest absolute Gasteiger partial charge is 0.497 e. The molecule has 0 saturated carbocycles. The summed E-state index contributed by atoms with van der Waals surface area (Å²) in [6.45, 7) is 1.40. The van der Waals surface area contributed by atoms with Gasteiger partial charge in [-0.3, -0.25) is 9.59 Å². The van der Waals surface area contributed by atoms with Gasteiger partial charge >= 0.3 is 5.97 Å². The van der Waals surface area contributed by atoms with Crippen molar-refractivity contribution in [3.8, 4) is 11.5 Å². The highest BCUT2D eigenvalue weighted by molar-refractivity contribution is 5.81. The molecular formula is C20H22FNO5. The second kappa shape index (κ2) is 9.56. The van der Waals surface area contributed by atoms with Gasteiger partial charge in [0.05, 0.1) is 20.6 Å². The van der Waals surface area contributed by atoms with E-state index in [0.29, 0.717) is 28.2 Å². The van der Waals surface area contributed by atoms with Gasteiger partial charge in [-0.1, -0.05) is 18.2 Å². The molecule has 0 saturated heterocycles. The van der Waals surface area contributed by atoms with E-state index < -0.39 is 18.5 Å². The van der Waals surface area contributed by atoms with Crippen LogP contribution in [0.2, 0.25) is 0 Å². The first kappa shape index (κ1) is 20.2. The Kier molecular flexibility index (Phi) is 7.16. The molecule has 0 fully saturated rings. The molecule has 0 heterocycles. The number of halogens is 1. The molecule has 0 atom stereocenters. The van der Waals surface area contributed by atoms with E-state index in [4.69, 9.17) is 14.2 Å². The summed E-state index contributed by atoms with van der Waals surface area (Å²) in [5.41, 5.74) is 1.78. The molecule has 0 radical (unpaired) electrons. The fourth-order valence-corrected chi connectivity index (χ4v) is 2.35. The highest BCUT2D eigenvalue weighted by Gasteiger charge is 2.13. The molecule has 2 aromatic carbocycles. The van der Waals surface area contributed by atoms with Crippen LogP contribution >= 0.6 is 0 Å². The highest BCUT2D eigenvalue weighted by atomic mass is 19.1. The number of esters is 1. The van der Waals surface area contributed by atoms with Crippen LogP contribution in [-0.4, -0.2) is 32.7 Å². The van der Waals surface area contributed by atoms with E-state index in [1.807, 2.05) is 0 Å². The SMILES string of the molecule is COc1ccc(CC(=O)OCC(=O)NCc2ccc(C)c(F)c2)c(OC)c1. The van der Waals surface area contributed by atoms with E-state index in [0.717, 1.165) is 0 Å². The fourth-order valence-electron chi connectivity index (χ4n) is 2.35. The molecule has 1 N–H and O–H groups in total. The van der Waals surface area contributed by atoms with Crippen molar-refractivity contribution >= 4 is 11.9 Å². The zero-order chi connectivity index (χ0) is 19.8. The molecular weight excluding hydrogens is 353 g/mol. The number of rotatable bonds is 8. The van der Waals surface area contributed by atoms with Crippen LogP contribution in [0.3, 0.4) is 0 Å². The summed E-state index contributed by atoms with van der Waals surface area (Å²) in [5.74, 6) is -0.254. The molecule has 0 aliphatic rings. The topological polar surface area (TPSA) is 73.9 Å². The van der Waals surface area contributed by atoms with Crippen molar-refractivity contribution in [3.05, 3.63) is 58.9 Å². The molecule has 0 bridgehead atoms. The predicted octanol–water partition coefficient (Wildman–Crippen LogP) is 2.55. The summed E-state index contributed by atoms with van der Waals surface area (Å²) >= 11 is 0. The molecule has 0 spiro atoms. The number of carbonyl (C=O) groups excluding carboxylic acids is 2. The lowest BCUT2D eigenvalue weighted by Gasteiger charge is -2.10. The molecule has 0 unspecified atom stereocenters. The van der Waals surface area contributed by atoms with E-state index in [-0.39, 0.29) is 18.8 Å². The Bertz CT molecular complexity index is 822. The first-order chi connectivity index (χ1) is 12.9. The van der Waals surface area contributed by atoms with Crippen LogP contribution in [0.15, 0.2) is 36.4 Å². The lowest BCUT2D eigenvalue weighted by molar-refractivity contribution is -0.147. The Morgan fingerprint density at radius 1 is 1.07 bits per heavy atom. The molecule has 27 heavy (non-hydrogen) atoms. The molecule has 144 valence electrons. The van der Waals surface area contributed by atoms with Gasteiger partial charge in [-0.15, -0.1) is 0 Å². The van der Waals surface area contributed by atoms with Crippen LogP contribution in [-0.2, 0) is 27.3 Å². The maximum atomic E-state index is 13.5. The Balaban J connectivity index is 1.81. The van der Waals surface area contributed by atoms with Gasteiger partial charge in [-0.2, -0.15) is 0 Å². The lowest BCUT2D eigenvalue weighted by atomic mass is 10.1. The standard InChI is InChI=1S/C20H22FNO5/c1-13-4-5-14(8-17(13)21)11-22-19(23)12-27-20(24)9-15-6-7-16(25-2)10-18(15)26-3/h4-8,10H,9,11-12H2,1-3H3,(H,22,23). The normalized spacial score (nSPS) is 10.2. The molecule has 6 nitrogen and oxygen atoms in total. The summed E-state index contributed by atoms with van der Waals surface area (Å²) in [6, 6.07) is 9.79. The summed E-state index contributed by atoms with van der Waals surface area (Å²) < 4.78 is 28.8. The predicted molar refractivity (Wildman–Crippen MR) is 97.2 cm³/mol. The number of methoxy groups -OCH3 is 2. The third kappa shape index (κ3) is 5.99. The maximum absolute atomic E-state index is 13.5. The van der Waals surface area contributed by atoms with Gasteiger partial charge in [0.2, 0.25) is 0 Å². The molecule has 1 amide bonds. The van der Waals surface area contributed by atoms with E-state index in [9.17, 15) is 14.0 Å². The lowest BCUT2D eigenvalue weighted by Crippen LogP contribution is -2.28. The number of aryl methyl sites for hydroxylation is 1. The van der Waals surface area contributed by atoms with Crippen molar-refractivity contribution in [1.29, 1.82) is 0 Å². The number of amides is 1. The van der Waals surface area contributed by atoms with E-state index in [1.165, 1.54) is 20.3 Å². The minimum Gasteiger partial charge on any atom is -0.497 e. The molecule has 2 rings (SSSR count). The minimum absolute atomic E-state index is 0.0381. The van der Waals surface area contributed by atoms with Gasteiger partial charge in [0, 0.05) is 18.2 Å². The number of carbonyl (C=O) groups is 2. The fraction of sp³-hybridized carbons (Fsp3) is 0.300. The van der Waals surface area contributed by atoms with Crippen molar-refractivity contribution in [2.45, 2.75) is 19.9 Å². The first-order valence-corrected chi connectivity index (χ1v) is 8.31. The second-order valence-corrected chi connectivity index (χ2v) is 5.88. The van der Waals surface area contributed by atoms with Crippen molar-refractivity contribution in [2.24, 2.45) is 0 Å². The van der Waals surface area contributed by atoms with Crippen LogP contribution in [0.5, 0.6) is 11.5 Å². The summed E-state index contributed by atoms with van der Waals surface area (Å²) in [5, 5.41) is 2.58. The zero-order valence-electron chi connectivity index (χ0n) is 15.5. The van der Waals surface area contributed by atoms with Gasteiger partial charge in [0.15, 0.2) is 6.61 Å². The van der Waals surface area contributed by atoms with Crippen LogP contribution in [0.25, 0.3) is 0 Å². The van der Waals surface area contributed by atoms with Gasteiger partial charge in [0.1, 0.15) is 17.3 Å². The second-order valence-electron chi connectivity index (χ2n) is 5.88. The molecule has 0 aliphatic carbocycles. The van der Waals surface area contributed by atoms with Crippen molar-refractivity contribution < 1.29 is 28.2 Å². The van der Waals surface area contributed by atoms with Gasteiger partial charge in [-0.25, -0.2) is 4.39 Å². The van der Waals surface area contributed by atoms with Crippen LogP contribution in [0.1, 0.15) is 16.7 Å². The molecule has 7 heteroatoms. The third-order valence-electron chi connectivity index (χ3n) is 3.92. The Morgan fingerprint density at radius 2 is 1.85 bits per heavy atom. The monoisotopic (exact) mass is 375 g/mol. The van der Waals surface area contributed by atoms with Crippen molar-refractivity contribution in [1.82, 2.24) is 5.32 Å². The first-order valence-electron chi connectivity index (χ1n) is 8.31. The molecule has 0 aromatic heterocycles. The number of ether oxygens (including phenoxy) is 3. The summed E-state index contributed by atoms with van der Waals surface area (Å²) in [6.07, 6.45) is -0.0381.